The Morgan fingerprint density at radius 1 is 1.60 bits per heavy atom. The van der Waals surface area contributed by atoms with Crippen molar-refractivity contribution in [2.75, 3.05) is 5.32 Å². The zero-order valence-corrected chi connectivity index (χ0v) is 13.1. The highest BCUT2D eigenvalue weighted by molar-refractivity contribution is 14.1. The number of amides is 1. The Labute approximate surface area is 130 Å². The van der Waals surface area contributed by atoms with Gasteiger partial charge in [0.25, 0.3) is 0 Å². The standard InChI is InChI=1S/C14H13IN4O/c1-8(20)18-14-4-11-12(15)7-19(13(11)6-17-14)10-2-9(3-10)5-16/h4,6-7,9-10H,2-3H2,1H3,(H,17,18,20). The number of nitrogens with one attached hydrogen (secondary N) is 1. The fraction of sp³-hybridized carbons (Fsp3) is 0.357. The number of carbonyl (C=O) groups is 1. The highest BCUT2D eigenvalue weighted by Crippen LogP contribution is 2.40. The van der Waals surface area contributed by atoms with Gasteiger partial charge in [0, 0.05) is 28.1 Å². The maximum Gasteiger partial charge on any atom is 0.222 e. The van der Waals surface area contributed by atoms with Gasteiger partial charge in [-0.15, -0.1) is 0 Å². The largest absolute Gasteiger partial charge is 0.342 e. The van der Waals surface area contributed by atoms with Gasteiger partial charge >= 0.3 is 0 Å². The molecule has 2 heterocycles. The zero-order valence-electron chi connectivity index (χ0n) is 10.9. The van der Waals surface area contributed by atoms with Crippen LogP contribution in [0.4, 0.5) is 5.82 Å². The number of aromatic nitrogens is 2. The molecule has 5 nitrogen and oxygen atoms in total. The minimum absolute atomic E-state index is 0.123. The van der Waals surface area contributed by atoms with Crippen LogP contribution < -0.4 is 5.32 Å². The van der Waals surface area contributed by atoms with Gasteiger partial charge in [-0.25, -0.2) is 4.98 Å². The molecule has 1 amide bonds. The summed E-state index contributed by atoms with van der Waals surface area (Å²) in [5.74, 6) is 0.632. The molecule has 3 rings (SSSR count). The fourth-order valence-electron chi connectivity index (χ4n) is 2.58. The van der Waals surface area contributed by atoms with Gasteiger partial charge in [-0.3, -0.25) is 4.79 Å². The summed E-state index contributed by atoms with van der Waals surface area (Å²) < 4.78 is 3.34. The molecule has 1 N–H and O–H groups in total. The third-order valence-corrected chi connectivity index (χ3v) is 4.52. The van der Waals surface area contributed by atoms with Gasteiger partial charge in [0.15, 0.2) is 0 Å². The van der Waals surface area contributed by atoms with E-state index in [0.29, 0.717) is 11.9 Å². The minimum atomic E-state index is -0.123. The van der Waals surface area contributed by atoms with Crippen LogP contribution in [-0.2, 0) is 4.79 Å². The van der Waals surface area contributed by atoms with Crippen LogP contribution in [0.5, 0.6) is 0 Å². The topological polar surface area (TPSA) is 70.7 Å². The quantitative estimate of drug-likeness (QED) is 0.815. The number of carbonyl (C=O) groups excluding carboxylic acids is 1. The number of pyridine rings is 1. The molecule has 2 aromatic rings. The molecule has 102 valence electrons. The molecule has 1 saturated carbocycles. The first-order valence-corrected chi connectivity index (χ1v) is 7.49. The van der Waals surface area contributed by atoms with Crippen molar-refractivity contribution < 1.29 is 4.79 Å². The number of hydrogen-bond donors (Lipinski definition) is 1. The molecular weight excluding hydrogens is 367 g/mol. The predicted molar refractivity (Wildman–Crippen MR) is 84.1 cm³/mol. The van der Waals surface area contributed by atoms with E-state index < -0.39 is 0 Å². The summed E-state index contributed by atoms with van der Waals surface area (Å²) in [4.78, 5) is 15.4. The predicted octanol–water partition coefficient (Wildman–Crippen LogP) is 3.07. The van der Waals surface area contributed by atoms with Crippen LogP contribution in [0.25, 0.3) is 10.9 Å². The van der Waals surface area contributed by atoms with Crippen LogP contribution in [0, 0.1) is 20.8 Å². The first-order valence-electron chi connectivity index (χ1n) is 6.41. The van der Waals surface area contributed by atoms with E-state index in [1.54, 1.807) is 6.20 Å². The van der Waals surface area contributed by atoms with Gasteiger partial charge in [0.2, 0.25) is 5.91 Å². The third kappa shape index (κ3) is 2.26. The molecule has 0 aliphatic heterocycles. The summed E-state index contributed by atoms with van der Waals surface area (Å²) in [6, 6.07) is 4.59. The lowest BCUT2D eigenvalue weighted by atomic mass is 9.81. The number of halogens is 1. The molecule has 0 unspecified atom stereocenters. The molecule has 6 heteroatoms. The summed E-state index contributed by atoms with van der Waals surface area (Å²) in [6.45, 7) is 1.47. The molecule has 0 bridgehead atoms. The Kier molecular flexibility index (Phi) is 3.38. The Balaban J connectivity index is 1.96. The maximum atomic E-state index is 11.1. The fourth-order valence-corrected chi connectivity index (χ4v) is 3.31. The van der Waals surface area contributed by atoms with E-state index in [0.717, 1.165) is 27.3 Å². The van der Waals surface area contributed by atoms with E-state index in [2.05, 4.69) is 49.7 Å². The van der Waals surface area contributed by atoms with Crippen LogP contribution >= 0.6 is 22.6 Å². The lowest BCUT2D eigenvalue weighted by Crippen LogP contribution is -2.25. The first kappa shape index (κ1) is 13.4. The second-order valence-corrected chi connectivity index (χ2v) is 6.27. The van der Waals surface area contributed by atoms with Gasteiger partial charge in [0.05, 0.1) is 23.7 Å². The van der Waals surface area contributed by atoms with Gasteiger partial charge < -0.3 is 9.88 Å². The molecule has 2 aromatic heterocycles. The van der Waals surface area contributed by atoms with Gasteiger partial charge in [-0.2, -0.15) is 5.26 Å². The van der Waals surface area contributed by atoms with Crippen molar-refractivity contribution in [3.63, 3.8) is 0 Å². The number of rotatable bonds is 2. The minimum Gasteiger partial charge on any atom is -0.342 e. The average molecular weight is 380 g/mol. The Morgan fingerprint density at radius 3 is 3.00 bits per heavy atom. The Bertz CT molecular complexity index is 725. The molecule has 0 saturated heterocycles. The Morgan fingerprint density at radius 2 is 2.35 bits per heavy atom. The number of nitriles is 1. The van der Waals surface area contributed by atoms with Crippen LogP contribution in [0.2, 0.25) is 0 Å². The maximum absolute atomic E-state index is 11.1. The molecule has 0 atom stereocenters. The van der Waals surface area contributed by atoms with Crippen molar-refractivity contribution in [1.29, 1.82) is 5.26 Å². The molecule has 1 fully saturated rings. The van der Waals surface area contributed by atoms with Gasteiger partial charge in [0.1, 0.15) is 5.82 Å². The van der Waals surface area contributed by atoms with Crippen molar-refractivity contribution in [2.45, 2.75) is 25.8 Å². The van der Waals surface area contributed by atoms with Crippen LogP contribution in [0.1, 0.15) is 25.8 Å². The van der Waals surface area contributed by atoms with E-state index in [-0.39, 0.29) is 11.8 Å². The van der Waals surface area contributed by atoms with Crippen LogP contribution in [-0.4, -0.2) is 15.5 Å². The number of hydrogen-bond acceptors (Lipinski definition) is 3. The third-order valence-electron chi connectivity index (χ3n) is 3.66. The number of nitrogens with zero attached hydrogens (tertiary/aromatic N) is 3. The molecule has 1 aliphatic rings. The van der Waals surface area contributed by atoms with Gasteiger partial charge in [-0.1, -0.05) is 0 Å². The summed E-state index contributed by atoms with van der Waals surface area (Å²) >= 11 is 2.29. The summed E-state index contributed by atoms with van der Waals surface area (Å²) in [5.41, 5.74) is 1.06. The lowest BCUT2D eigenvalue weighted by Gasteiger charge is -2.32. The molecule has 0 aromatic carbocycles. The molecule has 1 aliphatic carbocycles. The number of anilines is 1. The first-order chi connectivity index (χ1) is 9.58. The van der Waals surface area contributed by atoms with Crippen LogP contribution in [0.15, 0.2) is 18.5 Å². The number of fused-ring (bicyclic) bond motifs is 1. The smallest absolute Gasteiger partial charge is 0.222 e. The summed E-state index contributed by atoms with van der Waals surface area (Å²) in [6.07, 6.45) is 5.71. The second kappa shape index (κ2) is 5.05. The zero-order chi connectivity index (χ0) is 14.3. The molecular formula is C14H13IN4O. The highest BCUT2D eigenvalue weighted by atomic mass is 127. The van der Waals surface area contributed by atoms with Crippen molar-refractivity contribution in [1.82, 2.24) is 9.55 Å². The monoisotopic (exact) mass is 380 g/mol. The second-order valence-electron chi connectivity index (χ2n) is 5.10. The van der Waals surface area contributed by atoms with Gasteiger partial charge in [-0.05, 0) is 41.5 Å². The highest BCUT2D eigenvalue weighted by Gasteiger charge is 2.31. The van der Waals surface area contributed by atoms with Crippen molar-refractivity contribution in [2.24, 2.45) is 5.92 Å². The molecule has 20 heavy (non-hydrogen) atoms. The van der Waals surface area contributed by atoms with Crippen molar-refractivity contribution >= 4 is 45.2 Å². The van der Waals surface area contributed by atoms with Crippen molar-refractivity contribution in [3.05, 3.63) is 22.0 Å². The Hall–Kier alpha value is -1.62. The summed E-state index contributed by atoms with van der Waals surface area (Å²) in [5, 5.41) is 12.7. The van der Waals surface area contributed by atoms with E-state index in [1.165, 1.54) is 6.92 Å². The lowest BCUT2D eigenvalue weighted by molar-refractivity contribution is -0.114. The van der Waals surface area contributed by atoms with E-state index in [1.807, 2.05) is 6.07 Å². The average Bonchev–Trinajstić information content (AvgIpc) is 2.65. The van der Waals surface area contributed by atoms with E-state index in [9.17, 15) is 4.79 Å². The van der Waals surface area contributed by atoms with Crippen LogP contribution in [0.3, 0.4) is 0 Å². The van der Waals surface area contributed by atoms with Crippen molar-refractivity contribution in [3.8, 4) is 6.07 Å². The summed E-state index contributed by atoms with van der Waals surface area (Å²) in [7, 11) is 0. The molecule has 0 spiro atoms. The SMILES string of the molecule is CC(=O)Nc1cc2c(I)cn(C3CC(C#N)C3)c2cn1. The molecule has 0 radical (unpaired) electrons. The van der Waals surface area contributed by atoms with E-state index in [4.69, 9.17) is 5.26 Å². The van der Waals surface area contributed by atoms with E-state index >= 15 is 0 Å². The normalized spacial score (nSPS) is 21.2.